The predicted molar refractivity (Wildman–Crippen MR) is 175 cm³/mol. The average Bonchev–Trinajstić information content (AvgIpc) is 3.16. The number of aromatic nitrogens is 2. The summed E-state index contributed by atoms with van der Waals surface area (Å²) < 4.78 is 6.40. The van der Waals surface area contributed by atoms with Crippen LogP contribution in [0, 0.1) is 5.41 Å². The van der Waals surface area contributed by atoms with E-state index in [9.17, 15) is 4.79 Å². The van der Waals surface area contributed by atoms with Crippen molar-refractivity contribution in [2.75, 3.05) is 19.8 Å². The third-order valence-electron chi connectivity index (χ3n) is 7.35. The zero-order valence-electron chi connectivity index (χ0n) is 25.9. The number of carbonyl (C=O) groups excluding carboxylic acids is 1. The summed E-state index contributed by atoms with van der Waals surface area (Å²) in [7, 11) is -0.862. The molecule has 0 radical (unpaired) electrons. The molecule has 4 rings (SSSR count). The summed E-state index contributed by atoms with van der Waals surface area (Å²) in [5, 5.41) is 10.2. The van der Waals surface area contributed by atoms with Gasteiger partial charge in [-0.05, 0) is 74.5 Å². The van der Waals surface area contributed by atoms with Crippen LogP contribution in [0.5, 0.6) is 0 Å². The second kappa shape index (κ2) is 14.9. The summed E-state index contributed by atoms with van der Waals surface area (Å²) in [6.45, 7) is 14.2. The third-order valence-corrected chi connectivity index (χ3v) is 8.74. The molecule has 0 spiro atoms. The highest BCUT2D eigenvalue weighted by Crippen LogP contribution is 2.33. The molecule has 3 atom stereocenters. The summed E-state index contributed by atoms with van der Waals surface area (Å²) in [4.78, 5) is 23.1. The van der Waals surface area contributed by atoms with Crippen LogP contribution in [0.4, 0.5) is 0 Å². The SMILES string of the molecule is C/C=C(/NC(CC(C)(C)C)C(=O)NC1CCCN(OP(C)c2ccccn2)C/C1=C/CC)c1cnc2ccccc2c1. The number of carbonyl (C=O) groups is 1. The number of rotatable bonds is 10. The molecule has 42 heavy (non-hydrogen) atoms. The first-order chi connectivity index (χ1) is 20.2. The molecule has 2 aromatic heterocycles. The Kier molecular flexibility index (Phi) is 11.3. The van der Waals surface area contributed by atoms with Gasteiger partial charge in [-0.25, -0.2) is 0 Å². The molecular weight excluding hydrogens is 541 g/mol. The molecule has 3 aromatic rings. The van der Waals surface area contributed by atoms with Gasteiger partial charge in [0.2, 0.25) is 5.91 Å². The van der Waals surface area contributed by atoms with Gasteiger partial charge in [-0.15, -0.1) is 0 Å². The molecular formula is C34H46N5O2P. The number of pyridine rings is 2. The van der Waals surface area contributed by atoms with E-state index in [4.69, 9.17) is 4.62 Å². The van der Waals surface area contributed by atoms with Crippen LogP contribution < -0.4 is 16.1 Å². The topological polar surface area (TPSA) is 79.4 Å². The van der Waals surface area contributed by atoms with Gasteiger partial charge in [0.1, 0.15) is 14.2 Å². The van der Waals surface area contributed by atoms with Crippen molar-refractivity contribution in [2.45, 2.75) is 72.4 Å². The van der Waals surface area contributed by atoms with Crippen molar-refractivity contribution in [1.82, 2.24) is 25.7 Å². The van der Waals surface area contributed by atoms with Crippen molar-refractivity contribution >= 4 is 36.1 Å². The van der Waals surface area contributed by atoms with E-state index < -0.39 is 14.2 Å². The first kappa shape index (κ1) is 31.8. The maximum Gasteiger partial charge on any atom is 0.242 e. The van der Waals surface area contributed by atoms with Crippen LogP contribution >= 0.6 is 8.15 Å². The van der Waals surface area contributed by atoms with Crippen LogP contribution in [0.3, 0.4) is 0 Å². The van der Waals surface area contributed by atoms with Crippen molar-refractivity contribution in [2.24, 2.45) is 5.41 Å². The van der Waals surface area contributed by atoms with Crippen molar-refractivity contribution in [3.05, 3.63) is 84.2 Å². The lowest BCUT2D eigenvalue weighted by molar-refractivity contribution is -0.124. The molecule has 2 N–H and O–H groups in total. The molecule has 3 heterocycles. The fourth-order valence-electron chi connectivity index (χ4n) is 5.34. The van der Waals surface area contributed by atoms with E-state index in [1.807, 2.05) is 61.8 Å². The fraction of sp³-hybridized carbons (Fsp3) is 0.441. The number of nitrogens with one attached hydrogen (secondary N) is 2. The number of hydrogen-bond donors (Lipinski definition) is 2. The van der Waals surface area contributed by atoms with Crippen LogP contribution in [-0.2, 0) is 9.42 Å². The molecule has 0 saturated carbocycles. The number of para-hydroxylation sites is 1. The summed E-state index contributed by atoms with van der Waals surface area (Å²) in [6, 6.07) is 15.7. The van der Waals surface area contributed by atoms with E-state index in [1.54, 1.807) is 0 Å². The van der Waals surface area contributed by atoms with E-state index in [-0.39, 0.29) is 17.4 Å². The molecule has 0 aliphatic carbocycles. The minimum Gasteiger partial charge on any atom is -0.373 e. The standard InChI is InChI=1S/C34H46N5O2P/c1-7-14-26-24-39(41-42(6)32-18-11-12-19-35-32)20-13-17-30(26)38-33(40)31(22-34(3,4)5)37-28(8-2)27-21-25-15-9-10-16-29(25)36-23-27/h8-12,14-16,18-19,21,23,30-31,37H,7,13,17,20,22,24H2,1-6H3,(H,38,40)/b26-14-,28-8+. The zero-order valence-corrected chi connectivity index (χ0v) is 26.8. The van der Waals surface area contributed by atoms with Gasteiger partial charge in [-0.1, -0.05) is 64.1 Å². The van der Waals surface area contributed by atoms with E-state index in [0.29, 0.717) is 13.0 Å². The van der Waals surface area contributed by atoms with Gasteiger partial charge in [0, 0.05) is 42.1 Å². The smallest absolute Gasteiger partial charge is 0.242 e. The van der Waals surface area contributed by atoms with Gasteiger partial charge in [-0.2, -0.15) is 5.06 Å². The van der Waals surface area contributed by atoms with Crippen molar-refractivity contribution < 1.29 is 9.42 Å². The number of amides is 1. The van der Waals surface area contributed by atoms with E-state index in [0.717, 1.165) is 53.4 Å². The van der Waals surface area contributed by atoms with E-state index in [2.05, 4.69) is 78.2 Å². The van der Waals surface area contributed by atoms with Crippen LogP contribution in [0.2, 0.25) is 0 Å². The minimum atomic E-state index is -0.862. The minimum absolute atomic E-state index is 0.0191. The quantitative estimate of drug-likeness (QED) is 0.206. The normalized spacial score (nSPS) is 19.3. The second-order valence-corrected chi connectivity index (χ2v) is 13.7. The van der Waals surface area contributed by atoms with Crippen molar-refractivity contribution in [3.8, 4) is 0 Å². The Morgan fingerprint density at radius 3 is 2.69 bits per heavy atom. The van der Waals surface area contributed by atoms with Gasteiger partial charge in [0.25, 0.3) is 0 Å². The molecule has 0 bridgehead atoms. The van der Waals surface area contributed by atoms with Gasteiger partial charge >= 0.3 is 0 Å². The Morgan fingerprint density at radius 2 is 1.98 bits per heavy atom. The van der Waals surface area contributed by atoms with E-state index >= 15 is 0 Å². The molecule has 1 saturated heterocycles. The predicted octanol–water partition coefficient (Wildman–Crippen LogP) is 6.59. The molecule has 1 aromatic carbocycles. The Labute approximate surface area is 252 Å². The highest BCUT2D eigenvalue weighted by Gasteiger charge is 2.30. The Bertz CT molecular complexity index is 1390. The second-order valence-electron chi connectivity index (χ2n) is 12.1. The largest absolute Gasteiger partial charge is 0.373 e. The first-order valence-corrected chi connectivity index (χ1v) is 16.7. The molecule has 8 heteroatoms. The Hall–Kier alpha value is -3.12. The summed E-state index contributed by atoms with van der Waals surface area (Å²) in [5.74, 6) is 0.0191. The lowest BCUT2D eigenvalue weighted by Gasteiger charge is -2.30. The lowest BCUT2D eigenvalue weighted by atomic mass is 9.87. The number of allylic oxidation sites excluding steroid dienone is 2. The molecule has 3 unspecified atom stereocenters. The highest BCUT2D eigenvalue weighted by atomic mass is 31.1. The summed E-state index contributed by atoms with van der Waals surface area (Å²) in [5.41, 5.74) is 4.97. The highest BCUT2D eigenvalue weighted by molar-refractivity contribution is 7.59. The van der Waals surface area contributed by atoms with Crippen molar-refractivity contribution in [1.29, 1.82) is 0 Å². The number of fused-ring (bicyclic) bond motifs is 1. The molecule has 1 aliphatic heterocycles. The number of benzene rings is 1. The number of hydroxylamine groups is 2. The molecule has 7 nitrogen and oxygen atoms in total. The molecule has 224 valence electrons. The monoisotopic (exact) mass is 587 g/mol. The fourth-order valence-corrected chi connectivity index (χ4v) is 6.44. The zero-order chi connectivity index (χ0) is 30.1. The van der Waals surface area contributed by atoms with Gasteiger partial charge in [0.15, 0.2) is 0 Å². The number of nitrogens with zero attached hydrogens (tertiary/aromatic N) is 3. The van der Waals surface area contributed by atoms with Gasteiger partial charge in [-0.3, -0.25) is 19.4 Å². The summed E-state index contributed by atoms with van der Waals surface area (Å²) in [6.07, 6.45) is 11.4. The first-order valence-electron chi connectivity index (χ1n) is 15.0. The van der Waals surface area contributed by atoms with Gasteiger partial charge < -0.3 is 10.6 Å². The van der Waals surface area contributed by atoms with Gasteiger partial charge in [0.05, 0.1) is 17.0 Å². The third kappa shape index (κ3) is 8.94. The maximum absolute atomic E-state index is 14.0. The van der Waals surface area contributed by atoms with Crippen LogP contribution in [0.25, 0.3) is 16.6 Å². The molecule has 1 aliphatic rings. The lowest BCUT2D eigenvalue weighted by Crippen LogP contribution is -2.49. The van der Waals surface area contributed by atoms with E-state index in [1.165, 1.54) is 5.57 Å². The van der Waals surface area contributed by atoms with Crippen LogP contribution in [0.1, 0.15) is 65.9 Å². The molecule has 1 amide bonds. The Balaban J connectivity index is 1.49. The average molecular weight is 588 g/mol. The number of hydrogen-bond acceptors (Lipinski definition) is 6. The summed E-state index contributed by atoms with van der Waals surface area (Å²) >= 11 is 0. The van der Waals surface area contributed by atoms with Crippen LogP contribution in [-0.4, -0.2) is 52.8 Å². The van der Waals surface area contributed by atoms with Crippen LogP contribution in [0.15, 0.2) is 78.6 Å². The molecule has 1 fully saturated rings. The maximum atomic E-state index is 14.0. The Morgan fingerprint density at radius 1 is 1.19 bits per heavy atom. The van der Waals surface area contributed by atoms with Crippen molar-refractivity contribution in [3.63, 3.8) is 0 Å².